The Morgan fingerprint density at radius 3 is 2.26 bits per heavy atom. The largest absolute Gasteiger partial charge is 0.508 e. The Morgan fingerprint density at radius 2 is 1.56 bits per heavy atom. The van der Waals surface area contributed by atoms with E-state index in [1.165, 1.54) is 19.4 Å². The third kappa shape index (κ3) is 8.58. The Morgan fingerprint density at radius 1 is 0.860 bits per heavy atom. The molecule has 3 atom stereocenters. The van der Waals surface area contributed by atoms with Crippen LogP contribution in [0.3, 0.4) is 0 Å². The molecule has 3 fully saturated rings. The van der Waals surface area contributed by atoms with E-state index < -0.39 is 5.97 Å². The molecule has 1 aliphatic carbocycles. The molecule has 2 heterocycles. The summed E-state index contributed by atoms with van der Waals surface area (Å²) in [5.41, 5.74) is 2.87. The van der Waals surface area contributed by atoms with Crippen molar-refractivity contribution < 1.29 is 19.8 Å². The molecule has 2 saturated heterocycles. The van der Waals surface area contributed by atoms with Crippen LogP contribution < -0.4 is 0 Å². The summed E-state index contributed by atoms with van der Waals surface area (Å²) in [4.78, 5) is 34.0. The lowest BCUT2D eigenvalue weighted by Gasteiger charge is -2.48. The van der Waals surface area contributed by atoms with Gasteiger partial charge in [0.2, 0.25) is 0 Å². The first-order valence-corrected chi connectivity index (χ1v) is 16.4. The molecule has 43 heavy (non-hydrogen) atoms. The van der Waals surface area contributed by atoms with Crippen LogP contribution in [0.2, 0.25) is 0 Å². The number of carbonyl (C=O) groups is 2. The summed E-state index contributed by atoms with van der Waals surface area (Å²) >= 11 is 0. The lowest BCUT2D eigenvalue weighted by Crippen LogP contribution is -2.57. The predicted octanol–water partition coefficient (Wildman–Crippen LogP) is 5.08. The van der Waals surface area contributed by atoms with Crippen molar-refractivity contribution >= 4 is 11.9 Å². The maximum absolute atomic E-state index is 13.7. The number of phenolic OH excluding ortho intramolecular Hbond substituents is 1. The molecule has 1 amide bonds. The number of phenols is 1. The maximum atomic E-state index is 13.7. The lowest BCUT2D eigenvalue weighted by molar-refractivity contribution is -0.137. The fourth-order valence-electron chi connectivity index (χ4n) is 6.91. The second kappa shape index (κ2) is 14.7. The van der Waals surface area contributed by atoms with E-state index in [4.69, 9.17) is 5.11 Å². The molecule has 8 nitrogen and oxygen atoms in total. The van der Waals surface area contributed by atoms with Gasteiger partial charge in [0, 0.05) is 69.9 Å². The number of carbonyl (C=O) groups excluding carboxylic acids is 1. The molecular weight excluding hydrogens is 540 g/mol. The van der Waals surface area contributed by atoms with Gasteiger partial charge < -0.3 is 15.1 Å². The number of nitrogens with zero attached hydrogens (tertiary/aromatic N) is 4. The molecule has 5 rings (SSSR count). The fraction of sp³-hybridized carbons (Fsp3) is 0.600. The lowest BCUT2D eigenvalue weighted by atomic mass is 9.92. The van der Waals surface area contributed by atoms with Crippen molar-refractivity contribution in [2.45, 2.75) is 76.9 Å². The van der Waals surface area contributed by atoms with Gasteiger partial charge in [-0.25, -0.2) is 0 Å². The number of rotatable bonds is 13. The van der Waals surface area contributed by atoms with Crippen LogP contribution in [0, 0.1) is 5.92 Å². The second-order valence-corrected chi connectivity index (χ2v) is 13.1. The van der Waals surface area contributed by atoms with Crippen LogP contribution in [-0.2, 0) is 4.79 Å². The van der Waals surface area contributed by atoms with Gasteiger partial charge in [-0.1, -0.05) is 37.1 Å². The molecule has 8 heteroatoms. The first kappa shape index (κ1) is 31.5. The molecule has 2 aromatic carbocycles. The summed E-state index contributed by atoms with van der Waals surface area (Å²) in [5.74, 6) is 0.497. The van der Waals surface area contributed by atoms with Crippen LogP contribution in [0.4, 0.5) is 0 Å². The van der Waals surface area contributed by atoms with Crippen LogP contribution in [0.5, 0.6) is 5.75 Å². The molecule has 1 unspecified atom stereocenters. The summed E-state index contributed by atoms with van der Waals surface area (Å²) < 4.78 is 0. The van der Waals surface area contributed by atoms with E-state index in [9.17, 15) is 14.7 Å². The molecule has 0 aromatic heterocycles. The van der Waals surface area contributed by atoms with E-state index in [-0.39, 0.29) is 24.1 Å². The Labute approximate surface area is 257 Å². The molecule has 234 valence electrons. The van der Waals surface area contributed by atoms with Gasteiger partial charge in [-0.2, -0.15) is 0 Å². The molecule has 2 aromatic rings. The molecule has 2 aliphatic heterocycles. The quantitative estimate of drug-likeness (QED) is 0.315. The maximum Gasteiger partial charge on any atom is 0.303 e. The molecule has 0 radical (unpaired) electrons. The number of benzene rings is 2. The van der Waals surface area contributed by atoms with Gasteiger partial charge in [0.15, 0.2) is 0 Å². The number of unbranched alkanes of at least 4 members (excludes halogenated alkanes) is 3. The topological polar surface area (TPSA) is 87.6 Å². The Kier molecular flexibility index (Phi) is 10.8. The third-order valence-electron chi connectivity index (χ3n) is 9.59. The number of hydrogen-bond donors (Lipinski definition) is 2. The molecule has 1 saturated carbocycles. The highest BCUT2D eigenvalue weighted by atomic mass is 16.4. The van der Waals surface area contributed by atoms with Gasteiger partial charge in [-0.15, -0.1) is 0 Å². The van der Waals surface area contributed by atoms with Crippen LogP contribution in [0.25, 0.3) is 0 Å². The van der Waals surface area contributed by atoms with Crippen LogP contribution in [0.1, 0.15) is 86.3 Å². The van der Waals surface area contributed by atoms with Gasteiger partial charge in [-0.3, -0.25) is 24.3 Å². The van der Waals surface area contributed by atoms with Gasteiger partial charge in [-0.05, 0) is 87.4 Å². The average Bonchev–Trinajstić information content (AvgIpc) is 3.82. The van der Waals surface area contributed by atoms with E-state index >= 15 is 0 Å². The number of piperazine rings is 2. The average molecular weight is 591 g/mol. The highest BCUT2D eigenvalue weighted by Crippen LogP contribution is 2.37. The normalized spacial score (nSPS) is 22.9. The first-order chi connectivity index (χ1) is 20.8. The van der Waals surface area contributed by atoms with Gasteiger partial charge in [0.05, 0.1) is 6.04 Å². The molecule has 0 spiro atoms. The number of aliphatic carboxylic acids is 1. The van der Waals surface area contributed by atoms with Crippen molar-refractivity contribution in [3.63, 3.8) is 0 Å². The number of amides is 1. The van der Waals surface area contributed by atoms with E-state index in [1.807, 2.05) is 29.2 Å². The second-order valence-electron chi connectivity index (χ2n) is 13.1. The standard InChI is InChI=1S/C35H50N4O4/c1-26-24-39(27(2)23-38(26)25-28-14-15-28)34(30-10-8-12-32(40)22-30)29-9-7-11-31(21-29)35(43)37-19-17-36(18-20-37)16-6-4-3-5-13-33(41)42/h7-12,21-22,26-28,34,40H,3-6,13-20,23-25H2,1-2H3,(H,41,42)/t26-,27+,34?/m1/s1. The predicted molar refractivity (Wildman–Crippen MR) is 169 cm³/mol. The van der Waals surface area contributed by atoms with Gasteiger partial charge in [0.25, 0.3) is 5.91 Å². The number of aromatic hydroxyl groups is 1. The number of carboxylic acid groups (broad SMARTS) is 1. The van der Waals surface area contributed by atoms with Crippen molar-refractivity contribution in [2.75, 3.05) is 52.4 Å². The summed E-state index contributed by atoms with van der Waals surface area (Å²) in [5, 5.41) is 19.2. The van der Waals surface area contributed by atoms with Crippen molar-refractivity contribution in [3.8, 4) is 5.75 Å². The monoisotopic (exact) mass is 590 g/mol. The van der Waals surface area contributed by atoms with E-state index in [0.717, 1.165) is 94.1 Å². The minimum atomic E-state index is -0.715. The van der Waals surface area contributed by atoms with Gasteiger partial charge in [0.1, 0.15) is 5.75 Å². The highest BCUT2D eigenvalue weighted by molar-refractivity contribution is 5.94. The zero-order valence-corrected chi connectivity index (χ0v) is 26.0. The SMILES string of the molecule is C[C@@H]1CN(C(c2cccc(O)c2)c2cccc(C(=O)N3CCN(CCCCCCC(=O)O)CC3)c2)[C@@H](C)CN1CC1CC1. The minimum absolute atomic E-state index is 0.0484. The molecular formula is C35H50N4O4. The van der Waals surface area contributed by atoms with Crippen LogP contribution >= 0.6 is 0 Å². The van der Waals surface area contributed by atoms with Crippen molar-refractivity contribution in [1.29, 1.82) is 0 Å². The smallest absolute Gasteiger partial charge is 0.303 e. The summed E-state index contributed by atoms with van der Waals surface area (Å²) in [7, 11) is 0. The molecule has 2 N–H and O–H groups in total. The van der Waals surface area contributed by atoms with E-state index in [0.29, 0.717) is 12.1 Å². The van der Waals surface area contributed by atoms with Crippen molar-refractivity contribution in [1.82, 2.24) is 19.6 Å². The van der Waals surface area contributed by atoms with E-state index in [1.54, 1.807) is 6.07 Å². The zero-order valence-electron chi connectivity index (χ0n) is 26.0. The first-order valence-electron chi connectivity index (χ1n) is 16.4. The summed E-state index contributed by atoms with van der Waals surface area (Å²) in [6, 6.07) is 16.5. The van der Waals surface area contributed by atoms with Crippen LogP contribution in [-0.4, -0.2) is 106 Å². The summed E-state index contributed by atoms with van der Waals surface area (Å²) in [6.07, 6.45) is 6.80. The van der Waals surface area contributed by atoms with Gasteiger partial charge >= 0.3 is 5.97 Å². The Balaban J connectivity index is 1.24. The Bertz CT molecular complexity index is 1230. The van der Waals surface area contributed by atoms with Crippen LogP contribution in [0.15, 0.2) is 48.5 Å². The minimum Gasteiger partial charge on any atom is -0.508 e. The molecule has 3 aliphatic rings. The van der Waals surface area contributed by atoms with E-state index in [2.05, 4.69) is 46.7 Å². The number of carboxylic acids is 1. The molecule has 0 bridgehead atoms. The van der Waals surface area contributed by atoms with Crippen molar-refractivity contribution in [3.05, 3.63) is 65.2 Å². The van der Waals surface area contributed by atoms with Crippen molar-refractivity contribution in [2.24, 2.45) is 5.92 Å². The number of hydrogen-bond acceptors (Lipinski definition) is 6. The summed E-state index contributed by atoms with van der Waals surface area (Å²) in [6.45, 7) is 12.0. The highest BCUT2D eigenvalue weighted by Gasteiger charge is 2.37. The zero-order chi connectivity index (χ0) is 30.3. The Hall–Kier alpha value is -2.94. The fourth-order valence-corrected chi connectivity index (χ4v) is 6.91. The third-order valence-corrected chi connectivity index (χ3v) is 9.59.